The summed E-state index contributed by atoms with van der Waals surface area (Å²) < 4.78 is 5.07. The van der Waals surface area contributed by atoms with Crippen LogP contribution in [0.5, 0.6) is 5.75 Å². The van der Waals surface area contributed by atoms with Gasteiger partial charge in [0.25, 0.3) is 0 Å². The Bertz CT molecular complexity index is 292. The third-order valence-corrected chi connectivity index (χ3v) is 1.67. The lowest BCUT2D eigenvalue weighted by atomic mass is 10.1. The van der Waals surface area contributed by atoms with Gasteiger partial charge in [-0.15, -0.1) is 0 Å². The molecule has 0 fully saturated rings. The number of nitrogen functional groups attached to an aromatic ring is 1. The molecule has 2 N–H and O–H groups in total. The molecule has 0 atom stereocenters. The molecule has 1 aromatic rings. The van der Waals surface area contributed by atoms with E-state index in [9.17, 15) is 0 Å². The van der Waals surface area contributed by atoms with Crippen molar-refractivity contribution in [2.24, 2.45) is 0 Å². The van der Waals surface area contributed by atoms with Crippen molar-refractivity contribution in [1.82, 2.24) is 0 Å². The second-order valence-electron chi connectivity index (χ2n) is 2.46. The number of rotatable bonds is 2. The zero-order chi connectivity index (χ0) is 8.97. The van der Waals surface area contributed by atoms with E-state index in [0.717, 1.165) is 11.3 Å². The van der Waals surface area contributed by atoms with Crippen LogP contribution in [0.15, 0.2) is 24.3 Å². The number of benzene rings is 1. The van der Waals surface area contributed by atoms with E-state index >= 15 is 0 Å². The highest BCUT2D eigenvalue weighted by molar-refractivity contribution is 5.70. The van der Waals surface area contributed by atoms with Gasteiger partial charge in [0.1, 0.15) is 5.75 Å². The Morgan fingerprint density at radius 1 is 1.42 bits per heavy atom. The summed E-state index contributed by atoms with van der Waals surface area (Å²) in [5.41, 5.74) is 7.49. The Labute approximate surface area is 72.7 Å². The highest BCUT2D eigenvalue weighted by Gasteiger charge is 2.00. The number of methoxy groups -OCH3 is 1. The van der Waals surface area contributed by atoms with Crippen molar-refractivity contribution in [1.29, 1.82) is 0 Å². The quantitative estimate of drug-likeness (QED) is 0.679. The molecule has 0 bridgehead atoms. The van der Waals surface area contributed by atoms with Gasteiger partial charge >= 0.3 is 0 Å². The summed E-state index contributed by atoms with van der Waals surface area (Å²) in [4.78, 5) is 0. The van der Waals surface area contributed by atoms with Crippen molar-refractivity contribution >= 4 is 11.8 Å². The van der Waals surface area contributed by atoms with E-state index in [1.54, 1.807) is 7.11 Å². The van der Waals surface area contributed by atoms with Gasteiger partial charge in [-0.3, -0.25) is 0 Å². The van der Waals surface area contributed by atoms with E-state index in [-0.39, 0.29) is 0 Å². The number of para-hydroxylation sites is 1. The molecule has 0 aliphatic carbocycles. The Morgan fingerprint density at radius 2 is 2.17 bits per heavy atom. The molecule has 1 rings (SSSR count). The summed E-state index contributed by atoms with van der Waals surface area (Å²) in [6.45, 7) is 1.96. The van der Waals surface area contributed by atoms with Crippen LogP contribution in [0.25, 0.3) is 6.08 Å². The molecule has 0 aliphatic heterocycles. The topological polar surface area (TPSA) is 35.2 Å². The molecule has 0 spiro atoms. The number of hydrogen-bond donors (Lipinski definition) is 1. The summed E-state index contributed by atoms with van der Waals surface area (Å²) in [5.74, 6) is 0.727. The molecule has 0 saturated heterocycles. The fourth-order valence-electron chi connectivity index (χ4n) is 1.06. The van der Waals surface area contributed by atoms with Crippen LogP contribution >= 0.6 is 0 Å². The van der Waals surface area contributed by atoms with Crippen molar-refractivity contribution in [3.05, 3.63) is 29.8 Å². The SMILES string of the molecule is C/C=C\c1cccc(OC)c1N. The first-order valence-corrected chi connectivity index (χ1v) is 3.84. The predicted molar refractivity (Wildman–Crippen MR) is 52.1 cm³/mol. The van der Waals surface area contributed by atoms with E-state index < -0.39 is 0 Å². The van der Waals surface area contributed by atoms with Crippen LogP contribution in [0.3, 0.4) is 0 Å². The average molecular weight is 163 g/mol. The second-order valence-corrected chi connectivity index (χ2v) is 2.46. The van der Waals surface area contributed by atoms with Gasteiger partial charge in [0.05, 0.1) is 12.8 Å². The minimum Gasteiger partial charge on any atom is -0.495 e. The van der Waals surface area contributed by atoms with E-state index in [0.29, 0.717) is 5.69 Å². The summed E-state index contributed by atoms with van der Waals surface area (Å²) in [5, 5.41) is 0. The largest absolute Gasteiger partial charge is 0.495 e. The molecular formula is C10H13NO. The Hall–Kier alpha value is -1.44. The van der Waals surface area contributed by atoms with Crippen LogP contribution in [0.4, 0.5) is 5.69 Å². The highest BCUT2D eigenvalue weighted by Crippen LogP contribution is 2.25. The fourth-order valence-corrected chi connectivity index (χ4v) is 1.06. The second kappa shape index (κ2) is 3.81. The molecule has 2 heteroatoms. The molecule has 0 radical (unpaired) electrons. The van der Waals surface area contributed by atoms with Crippen LogP contribution < -0.4 is 10.5 Å². The predicted octanol–water partition coefficient (Wildman–Crippen LogP) is 2.31. The van der Waals surface area contributed by atoms with Crippen LogP contribution in [0.2, 0.25) is 0 Å². The molecule has 0 amide bonds. The van der Waals surface area contributed by atoms with Crippen molar-refractivity contribution in [2.75, 3.05) is 12.8 Å². The molecular weight excluding hydrogens is 150 g/mol. The van der Waals surface area contributed by atoms with Gasteiger partial charge in [0, 0.05) is 5.56 Å². The minimum atomic E-state index is 0.693. The summed E-state index contributed by atoms with van der Waals surface area (Å²) in [7, 11) is 1.62. The van der Waals surface area contributed by atoms with E-state index in [1.807, 2.05) is 37.3 Å². The van der Waals surface area contributed by atoms with Gasteiger partial charge in [-0.05, 0) is 13.0 Å². The van der Waals surface area contributed by atoms with Crippen LogP contribution in [0, 0.1) is 0 Å². The number of ether oxygens (including phenoxy) is 1. The maximum atomic E-state index is 5.80. The van der Waals surface area contributed by atoms with Gasteiger partial charge in [0.15, 0.2) is 0 Å². The van der Waals surface area contributed by atoms with Gasteiger partial charge in [-0.2, -0.15) is 0 Å². The molecule has 0 aliphatic rings. The van der Waals surface area contributed by atoms with Gasteiger partial charge in [-0.1, -0.05) is 24.3 Å². The first-order valence-electron chi connectivity index (χ1n) is 3.84. The van der Waals surface area contributed by atoms with Crippen molar-refractivity contribution in [3.63, 3.8) is 0 Å². The first kappa shape index (κ1) is 8.65. The maximum Gasteiger partial charge on any atom is 0.142 e. The molecule has 12 heavy (non-hydrogen) atoms. The number of allylic oxidation sites excluding steroid dienone is 1. The molecule has 0 heterocycles. The smallest absolute Gasteiger partial charge is 0.142 e. The average Bonchev–Trinajstić information content (AvgIpc) is 2.09. The monoisotopic (exact) mass is 163 g/mol. The Morgan fingerprint density at radius 3 is 2.75 bits per heavy atom. The summed E-state index contributed by atoms with van der Waals surface area (Å²) >= 11 is 0. The molecule has 0 aromatic heterocycles. The van der Waals surface area contributed by atoms with E-state index in [4.69, 9.17) is 10.5 Å². The minimum absolute atomic E-state index is 0.693. The van der Waals surface area contributed by atoms with E-state index in [2.05, 4.69) is 0 Å². The lowest BCUT2D eigenvalue weighted by molar-refractivity contribution is 0.417. The zero-order valence-corrected chi connectivity index (χ0v) is 7.37. The molecule has 2 nitrogen and oxygen atoms in total. The van der Waals surface area contributed by atoms with Crippen LogP contribution in [-0.2, 0) is 0 Å². The lowest BCUT2D eigenvalue weighted by Crippen LogP contribution is -1.94. The van der Waals surface area contributed by atoms with E-state index in [1.165, 1.54) is 0 Å². The van der Waals surface area contributed by atoms with Crippen LogP contribution in [-0.4, -0.2) is 7.11 Å². The fraction of sp³-hybridized carbons (Fsp3) is 0.200. The first-order chi connectivity index (χ1) is 5.79. The highest BCUT2D eigenvalue weighted by atomic mass is 16.5. The number of hydrogen-bond acceptors (Lipinski definition) is 2. The van der Waals surface area contributed by atoms with Crippen LogP contribution in [0.1, 0.15) is 12.5 Å². The molecule has 64 valence electrons. The molecule has 0 saturated carbocycles. The molecule has 0 unspecified atom stereocenters. The van der Waals surface area contributed by atoms with Gasteiger partial charge in [0.2, 0.25) is 0 Å². The lowest BCUT2D eigenvalue weighted by Gasteiger charge is -2.05. The van der Waals surface area contributed by atoms with Gasteiger partial charge in [-0.25, -0.2) is 0 Å². The Balaban J connectivity index is 3.13. The maximum absolute atomic E-state index is 5.80. The van der Waals surface area contributed by atoms with Crippen molar-refractivity contribution in [2.45, 2.75) is 6.92 Å². The van der Waals surface area contributed by atoms with Crippen molar-refractivity contribution in [3.8, 4) is 5.75 Å². The summed E-state index contributed by atoms with van der Waals surface area (Å²) in [6, 6.07) is 5.73. The number of nitrogens with two attached hydrogens (primary N) is 1. The Kier molecular flexibility index (Phi) is 2.75. The molecule has 1 aromatic carbocycles. The zero-order valence-electron chi connectivity index (χ0n) is 7.37. The van der Waals surface area contributed by atoms with Gasteiger partial charge < -0.3 is 10.5 Å². The summed E-state index contributed by atoms with van der Waals surface area (Å²) in [6.07, 6.45) is 3.91. The third-order valence-electron chi connectivity index (χ3n) is 1.67. The third kappa shape index (κ3) is 1.59. The normalized spacial score (nSPS) is 10.5. The van der Waals surface area contributed by atoms with Crippen molar-refractivity contribution < 1.29 is 4.74 Å². The standard InChI is InChI=1S/C10H13NO/c1-3-5-8-6-4-7-9(12-2)10(8)11/h3-7H,11H2,1-2H3/b5-3-. The number of anilines is 1.